The maximum atomic E-state index is 5.85. The fourth-order valence-corrected chi connectivity index (χ4v) is 3.24. The Kier molecular flexibility index (Phi) is 4.59. The average Bonchev–Trinajstić information content (AvgIpc) is 3.29. The van der Waals surface area contributed by atoms with E-state index in [4.69, 9.17) is 14.1 Å². The SMILES string of the molecule is CCc1ccn2c(NCc3ccccc3OC)c(-c3ccc(C)o3)nc2c1. The molecule has 1 aromatic carbocycles. The van der Waals surface area contributed by atoms with Gasteiger partial charge < -0.3 is 14.5 Å². The molecule has 3 heterocycles. The van der Waals surface area contributed by atoms with E-state index in [9.17, 15) is 0 Å². The van der Waals surface area contributed by atoms with Gasteiger partial charge in [0.1, 0.15) is 28.7 Å². The zero-order chi connectivity index (χ0) is 18.8. The van der Waals surface area contributed by atoms with Crippen LogP contribution in [0.1, 0.15) is 23.8 Å². The van der Waals surface area contributed by atoms with Crippen LogP contribution in [-0.4, -0.2) is 16.5 Å². The van der Waals surface area contributed by atoms with Gasteiger partial charge in [0.25, 0.3) is 0 Å². The first kappa shape index (κ1) is 17.2. The largest absolute Gasteiger partial charge is 0.496 e. The van der Waals surface area contributed by atoms with Crippen molar-refractivity contribution in [3.05, 3.63) is 71.6 Å². The Hall–Kier alpha value is -3.21. The summed E-state index contributed by atoms with van der Waals surface area (Å²) in [6, 6.07) is 16.2. The highest BCUT2D eigenvalue weighted by Gasteiger charge is 2.17. The number of aromatic nitrogens is 2. The first-order chi connectivity index (χ1) is 13.2. The predicted octanol–water partition coefficient (Wildman–Crippen LogP) is 5.09. The Morgan fingerprint density at radius 1 is 1.15 bits per heavy atom. The summed E-state index contributed by atoms with van der Waals surface area (Å²) in [6.07, 6.45) is 3.04. The van der Waals surface area contributed by atoms with Gasteiger partial charge >= 0.3 is 0 Å². The van der Waals surface area contributed by atoms with E-state index in [2.05, 4.69) is 41.0 Å². The number of rotatable bonds is 6. The molecule has 1 N–H and O–H groups in total. The molecule has 0 aliphatic rings. The molecule has 0 aliphatic carbocycles. The molecule has 0 unspecified atom stereocenters. The van der Waals surface area contributed by atoms with E-state index in [0.717, 1.165) is 46.4 Å². The van der Waals surface area contributed by atoms with Gasteiger partial charge in [0.2, 0.25) is 0 Å². The monoisotopic (exact) mass is 361 g/mol. The second kappa shape index (κ2) is 7.19. The van der Waals surface area contributed by atoms with Gasteiger partial charge in [-0.3, -0.25) is 4.40 Å². The van der Waals surface area contributed by atoms with Gasteiger partial charge in [-0.1, -0.05) is 25.1 Å². The molecule has 0 saturated heterocycles. The molecule has 0 aliphatic heterocycles. The fourth-order valence-electron chi connectivity index (χ4n) is 3.24. The molecule has 138 valence electrons. The van der Waals surface area contributed by atoms with Gasteiger partial charge in [-0.2, -0.15) is 0 Å². The Bertz CT molecular complexity index is 1080. The molecule has 5 nitrogen and oxygen atoms in total. The number of nitrogens with zero attached hydrogens (tertiary/aromatic N) is 2. The lowest BCUT2D eigenvalue weighted by Gasteiger charge is -2.11. The maximum Gasteiger partial charge on any atom is 0.156 e. The van der Waals surface area contributed by atoms with Crippen LogP contribution in [0.2, 0.25) is 0 Å². The number of ether oxygens (including phenoxy) is 1. The number of aryl methyl sites for hydroxylation is 2. The van der Waals surface area contributed by atoms with Crippen LogP contribution in [0.25, 0.3) is 17.1 Å². The molecular formula is C22H23N3O2. The van der Waals surface area contributed by atoms with Gasteiger partial charge in [0.15, 0.2) is 5.76 Å². The van der Waals surface area contributed by atoms with Crippen molar-refractivity contribution < 1.29 is 9.15 Å². The van der Waals surface area contributed by atoms with E-state index < -0.39 is 0 Å². The van der Waals surface area contributed by atoms with Gasteiger partial charge in [-0.15, -0.1) is 0 Å². The van der Waals surface area contributed by atoms with Crippen LogP contribution in [0.5, 0.6) is 5.75 Å². The highest BCUT2D eigenvalue weighted by atomic mass is 16.5. The minimum absolute atomic E-state index is 0.625. The Labute approximate surface area is 158 Å². The second-order valence-corrected chi connectivity index (χ2v) is 6.50. The highest BCUT2D eigenvalue weighted by Crippen LogP contribution is 2.31. The smallest absolute Gasteiger partial charge is 0.156 e. The summed E-state index contributed by atoms with van der Waals surface area (Å²) in [5, 5.41) is 3.53. The lowest BCUT2D eigenvalue weighted by molar-refractivity contribution is 0.410. The van der Waals surface area contributed by atoms with Gasteiger partial charge in [-0.25, -0.2) is 4.98 Å². The lowest BCUT2D eigenvalue weighted by Crippen LogP contribution is -2.05. The summed E-state index contributed by atoms with van der Waals surface area (Å²) < 4.78 is 13.4. The molecule has 4 rings (SSSR count). The van der Waals surface area contributed by atoms with E-state index in [-0.39, 0.29) is 0 Å². The molecule has 0 atom stereocenters. The third-order valence-electron chi connectivity index (χ3n) is 4.71. The van der Waals surface area contributed by atoms with Crippen LogP contribution < -0.4 is 10.1 Å². The average molecular weight is 361 g/mol. The van der Waals surface area contributed by atoms with E-state index in [1.54, 1.807) is 7.11 Å². The van der Waals surface area contributed by atoms with E-state index >= 15 is 0 Å². The van der Waals surface area contributed by atoms with Crippen molar-refractivity contribution in [3.63, 3.8) is 0 Å². The third kappa shape index (κ3) is 3.28. The topological polar surface area (TPSA) is 51.7 Å². The zero-order valence-electron chi connectivity index (χ0n) is 15.8. The van der Waals surface area contributed by atoms with Crippen molar-refractivity contribution in [2.75, 3.05) is 12.4 Å². The summed E-state index contributed by atoms with van der Waals surface area (Å²) in [7, 11) is 1.69. The van der Waals surface area contributed by atoms with Crippen LogP contribution >= 0.6 is 0 Å². The van der Waals surface area contributed by atoms with Crippen molar-refractivity contribution in [1.29, 1.82) is 0 Å². The molecule has 4 aromatic rings. The number of nitrogens with one attached hydrogen (secondary N) is 1. The second-order valence-electron chi connectivity index (χ2n) is 6.50. The molecule has 3 aromatic heterocycles. The number of hydrogen-bond acceptors (Lipinski definition) is 4. The highest BCUT2D eigenvalue weighted by molar-refractivity contribution is 5.74. The number of furan rings is 1. The Morgan fingerprint density at radius 2 is 2.00 bits per heavy atom. The van der Waals surface area contributed by atoms with E-state index in [1.165, 1.54) is 5.56 Å². The number of pyridine rings is 1. The molecule has 0 spiro atoms. The summed E-state index contributed by atoms with van der Waals surface area (Å²) in [5.74, 6) is 3.40. The molecule has 27 heavy (non-hydrogen) atoms. The Morgan fingerprint density at radius 3 is 2.74 bits per heavy atom. The van der Waals surface area contributed by atoms with Crippen molar-refractivity contribution >= 4 is 11.5 Å². The summed E-state index contributed by atoms with van der Waals surface area (Å²) in [4.78, 5) is 4.84. The van der Waals surface area contributed by atoms with Crippen molar-refractivity contribution in [2.45, 2.75) is 26.8 Å². The minimum Gasteiger partial charge on any atom is -0.496 e. The van der Waals surface area contributed by atoms with Crippen LogP contribution in [0, 0.1) is 6.92 Å². The number of methoxy groups -OCH3 is 1. The van der Waals surface area contributed by atoms with Crippen LogP contribution in [0.3, 0.4) is 0 Å². The summed E-state index contributed by atoms with van der Waals surface area (Å²) in [6.45, 7) is 4.71. The molecular weight excluding hydrogens is 338 g/mol. The summed E-state index contributed by atoms with van der Waals surface area (Å²) >= 11 is 0. The number of benzene rings is 1. The number of hydrogen-bond donors (Lipinski definition) is 1. The normalized spacial score (nSPS) is 11.1. The van der Waals surface area contributed by atoms with Gasteiger partial charge in [0, 0.05) is 18.3 Å². The first-order valence-electron chi connectivity index (χ1n) is 9.13. The lowest BCUT2D eigenvalue weighted by atomic mass is 10.2. The van der Waals surface area contributed by atoms with Crippen LogP contribution in [0.15, 0.2) is 59.1 Å². The standard InChI is InChI=1S/C22H23N3O2/c1-4-16-11-12-25-20(13-16)24-21(19-10-9-15(2)27-19)22(25)23-14-17-7-5-6-8-18(17)26-3/h5-13,23H,4,14H2,1-3H3. The van der Waals surface area contributed by atoms with Crippen molar-refractivity contribution in [2.24, 2.45) is 0 Å². The number of anilines is 1. The Balaban J connectivity index is 1.77. The van der Waals surface area contributed by atoms with Crippen molar-refractivity contribution in [1.82, 2.24) is 9.38 Å². The zero-order valence-corrected chi connectivity index (χ0v) is 15.8. The van der Waals surface area contributed by atoms with E-state index in [1.807, 2.05) is 37.3 Å². The molecule has 0 bridgehead atoms. The molecule has 0 radical (unpaired) electrons. The van der Waals surface area contributed by atoms with Gasteiger partial charge in [0.05, 0.1) is 7.11 Å². The van der Waals surface area contributed by atoms with E-state index in [0.29, 0.717) is 6.54 Å². The maximum absolute atomic E-state index is 5.85. The first-order valence-corrected chi connectivity index (χ1v) is 9.13. The predicted molar refractivity (Wildman–Crippen MR) is 107 cm³/mol. The molecule has 5 heteroatoms. The van der Waals surface area contributed by atoms with Crippen molar-refractivity contribution in [3.8, 4) is 17.2 Å². The van der Waals surface area contributed by atoms with Crippen LogP contribution in [0.4, 0.5) is 5.82 Å². The fraction of sp³-hybridized carbons (Fsp3) is 0.227. The number of para-hydroxylation sites is 1. The van der Waals surface area contributed by atoms with Gasteiger partial charge in [-0.05, 0) is 49.2 Å². The molecule has 0 fully saturated rings. The quantitative estimate of drug-likeness (QED) is 0.520. The number of fused-ring (bicyclic) bond motifs is 1. The minimum atomic E-state index is 0.625. The van der Waals surface area contributed by atoms with Crippen LogP contribution in [-0.2, 0) is 13.0 Å². The third-order valence-corrected chi connectivity index (χ3v) is 4.71. The number of imidazole rings is 1. The molecule has 0 amide bonds. The summed E-state index contributed by atoms with van der Waals surface area (Å²) in [5.41, 5.74) is 4.06. The molecule has 0 saturated carbocycles.